The molecule has 7 heteroatoms. The quantitative estimate of drug-likeness (QED) is 0.0850. The van der Waals surface area contributed by atoms with Gasteiger partial charge in [-0.2, -0.15) is 4.98 Å². The largest absolute Gasteiger partial charge is 0.374 e. The number of aromatic nitrogens is 3. The van der Waals surface area contributed by atoms with E-state index in [1.807, 2.05) is 146 Å². The third kappa shape index (κ3) is 6.01. The highest BCUT2D eigenvalue weighted by Crippen LogP contribution is 2.44. The minimum absolute atomic E-state index is 0.110. The van der Waals surface area contributed by atoms with Crippen LogP contribution in [-0.4, -0.2) is 27.3 Å². The van der Waals surface area contributed by atoms with Crippen LogP contribution in [0, 0.1) is 0 Å². The van der Waals surface area contributed by atoms with Crippen molar-refractivity contribution in [2.45, 2.75) is 11.0 Å². The number of carbonyl (C=O) groups excluding carboxylic acids is 1. The summed E-state index contributed by atoms with van der Waals surface area (Å²) in [5.74, 6) is 0.119. The number of nitrogens with zero attached hydrogens (tertiary/aromatic N) is 3. The summed E-state index contributed by atoms with van der Waals surface area (Å²) in [5, 5.41) is 14.6. The normalized spacial score (nSPS) is 11.7. The molecule has 238 valence electrons. The summed E-state index contributed by atoms with van der Waals surface area (Å²) in [5.41, 5.74) is 3.63. The summed E-state index contributed by atoms with van der Waals surface area (Å²) in [6.07, 6.45) is 1.11. The number of H-pyrrole nitrogens is 1. The number of anilines is 1. The topological polar surface area (TPSA) is 92.3 Å². The number of oxime groups is 1. The first kappa shape index (κ1) is 31.0. The van der Waals surface area contributed by atoms with Crippen molar-refractivity contribution < 1.29 is 9.63 Å². The average molecular weight is 640 g/mol. The van der Waals surface area contributed by atoms with Gasteiger partial charge in [-0.15, -0.1) is 5.10 Å². The zero-order valence-corrected chi connectivity index (χ0v) is 26.6. The highest BCUT2D eigenvalue weighted by Gasteiger charge is 2.42. The second-order valence-electron chi connectivity index (χ2n) is 11.5. The van der Waals surface area contributed by atoms with Crippen LogP contribution < -0.4 is 5.32 Å². The molecule has 0 radical (unpaired) electrons. The molecule has 0 saturated carbocycles. The number of amides is 1. The minimum atomic E-state index is -1.11. The predicted molar refractivity (Wildman–Crippen MR) is 192 cm³/mol. The zero-order valence-electron chi connectivity index (χ0n) is 26.6. The third-order valence-electron chi connectivity index (χ3n) is 8.60. The maximum Gasteiger partial charge on any atom is 0.272 e. The zero-order chi connectivity index (χ0) is 33.4. The Labute approximate surface area is 285 Å². The summed E-state index contributed by atoms with van der Waals surface area (Å²) < 4.78 is 0. The Hall–Kier alpha value is -6.60. The van der Waals surface area contributed by atoms with Crippen molar-refractivity contribution in [1.29, 1.82) is 0 Å². The van der Waals surface area contributed by atoms with Gasteiger partial charge in [0.15, 0.2) is 0 Å². The van der Waals surface area contributed by atoms with E-state index in [4.69, 9.17) is 9.82 Å². The van der Waals surface area contributed by atoms with E-state index in [2.05, 4.69) is 57.1 Å². The van der Waals surface area contributed by atoms with Crippen LogP contribution in [0.5, 0.6) is 0 Å². The Morgan fingerprint density at radius 2 is 0.898 bits per heavy atom. The lowest BCUT2D eigenvalue weighted by molar-refractivity contribution is -0.110. The van der Waals surface area contributed by atoms with Crippen LogP contribution in [0.3, 0.4) is 0 Å². The third-order valence-corrected chi connectivity index (χ3v) is 8.60. The maximum atomic E-state index is 13.3. The molecular formula is C42H33N5O2. The second-order valence-corrected chi connectivity index (χ2v) is 11.5. The molecule has 6 aromatic carbocycles. The molecule has 0 saturated heterocycles. The van der Waals surface area contributed by atoms with Crippen molar-refractivity contribution in [3.05, 3.63) is 221 Å². The molecule has 1 heterocycles. The van der Waals surface area contributed by atoms with Gasteiger partial charge in [0.2, 0.25) is 11.5 Å². The highest BCUT2D eigenvalue weighted by molar-refractivity contribution is 6.31. The molecule has 0 aliphatic carbocycles. The monoisotopic (exact) mass is 639 g/mol. The lowest BCUT2D eigenvalue weighted by Gasteiger charge is -2.33. The summed E-state index contributed by atoms with van der Waals surface area (Å²) in [6.45, 7) is 0. The van der Waals surface area contributed by atoms with Gasteiger partial charge in [0.25, 0.3) is 5.91 Å². The summed E-state index contributed by atoms with van der Waals surface area (Å²) in [4.78, 5) is 24.6. The standard InChI is InChI=1S/C42H33N5O2/c48-38(31-43-49-42(35-25-13-4-14-26-35,36-27-15-5-16-28-36)37-29-17-6-18-30-37)44-40-45-39(46-47-40)41(32-19-7-1-8-20-32,33-21-9-2-10-22-33)34-23-11-3-12-24-34/h1-31H,(H2,44,45,46,47,48). The summed E-state index contributed by atoms with van der Waals surface area (Å²) in [6, 6.07) is 60.0. The molecule has 2 N–H and O–H groups in total. The fraction of sp³-hybridized carbons (Fsp3) is 0.0476. The maximum absolute atomic E-state index is 13.3. The molecule has 0 aliphatic rings. The van der Waals surface area contributed by atoms with E-state index in [0.717, 1.165) is 39.6 Å². The van der Waals surface area contributed by atoms with Crippen molar-refractivity contribution in [2.24, 2.45) is 5.16 Å². The van der Waals surface area contributed by atoms with Gasteiger partial charge in [-0.3, -0.25) is 15.2 Å². The molecule has 0 spiro atoms. The van der Waals surface area contributed by atoms with Crippen molar-refractivity contribution >= 4 is 18.1 Å². The number of hydrogen-bond acceptors (Lipinski definition) is 5. The van der Waals surface area contributed by atoms with Gasteiger partial charge in [-0.05, 0) is 16.7 Å². The summed E-state index contributed by atoms with van der Waals surface area (Å²) in [7, 11) is 0. The van der Waals surface area contributed by atoms with Crippen LogP contribution in [0.2, 0.25) is 0 Å². The first-order valence-electron chi connectivity index (χ1n) is 16.0. The van der Waals surface area contributed by atoms with Crippen molar-refractivity contribution in [3.8, 4) is 0 Å². The molecule has 0 bridgehead atoms. The van der Waals surface area contributed by atoms with Gasteiger partial charge in [-0.1, -0.05) is 187 Å². The summed E-state index contributed by atoms with van der Waals surface area (Å²) >= 11 is 0. The Bertz CT molecular complexity index is 1930. The Morgan fingerprint density at radius 3 is 1.27 bits per heavy atom. The van der Waals surface area contributed by atoms with E-state index in [0.29, 0.717) is 5.82 Å². The predicted octanol–water partition coefficient (Wildman–Crippen LogP) is 8.12. The van der Waals surface area contributed by atoms with E-state index < -0.39 is 16.9 Å². The minimum Gasteiger partial charge on any atom is -0.374 e. The van der Waals surface area contributed by atoms with Crippen LogP contribution >= 0.6 is 0 Å². The molecule has 7 aromatic rings. The van der Waals surface area contributed by atoms with Gasteiger partial charge in [0.1, 0.15) is 17.5 Å². The number of nitrogens with one attached hydrogen (secondary N) is 2. The molecule has 0 unspecified atom stereocenters. The molecule has 0 atom stereocenters. The molecule has 0 aliphatic heterocycles. The fourth-order valence-corrected chi connectivity index (χ4v) is 6.43. The molecule has 49 heavy (non-hydrogen) atoms. The molecular weight excluding hydrogens is 606 g/mol. The van der Waals surface area contributed by atoms with Gasteiger partial charge in [0, 0.05) is 16.7 Å². The van der Waals surface area contributed by atoms with Crippen LogP contribution in [0.1, 0.15) is 39.2 Å². The van der Waals surface area contributed by atoms with E-state index in [9.17, 15) is 4.79 Å². The van der Waals surface area contributed by atoms with Crippen LogP contribution in [0.15, 0.2) is 187 Å². The van der Waals surface area contributed by atoms with Crippen molar-refractivity contribution in [1.82, 2.24) is 15.2 Å². The molecule has 7 nitrogen and oxygen atoms in total. The molecule has 0 fully saturated rings. The lowest BCUT2D eigenvalue weighted by atomic mass is 9.69. The second kappa shape index (κ2) is 14.0. The van der Waals surface area contributed by atoms with Crippen molar-refractivity contribution in [2.75, 3.05) is 5.32 Å². The SMILES string of the molecule is O=C(C=NOC(c1ccccc1)(c1ccccc1)c1ccccc1)Nc1n[nH]c(C(c2ccccc2)(c2ccccc2)c2ccccc2)n1. The number of carbonyl (C=O) groups is 1. The molecule has 7 rings (SSSR count). The number of hydrogen-bond donors (Lipinski definition) is 2. The van der Waals surface area contributed by atoms with Crippen LogP contribution in [0.4, 0.5) is 5.95 Å². The number of rotatable bonds is 11. The van der Waals surface area contributed by atoms with E-state index in [1.165, 1.54) is 0 Å². The fourth-order valence-electron chi connectivity index (χ4n) is 6.43. The first-order valence-corrected chi connectivity index (χ1v) is 16.0. The van der Waals surface area contributed by atoms with Crippen LogP contribution in [-0.2, 0) is 20.6 Å². The smallest absolute Gasteiger partial charge is 0.272 e. The van der Waals surface area contributed by atoms with E-state index in [-0.39, 0.29) is 5.95 Å². The van der Waals surface area contributed by atoms with Gasteiger partial charge >= 0.3 is 0 Å². The number of aromatic amines is 1. The van der Waals surface area contributed by atoms with Gasteiger partial charge < -0.3 is 4.84 Å². The Kier molecular flexibility index (Phi) is 8.88. The van der Waals surface area contributed by atoms with Crippen LogP contribution in [0.25, 0.3) is 0 Å². The van der Waals surface area contributed by atoms with Gasteiger partial charge in [0.05, 0.1) is 0 Å². The van der Waals surface area contributed by atoms with E-state index in [1.54, 1.807) is 0 Å². The lowest BCUT2D eigenvalue weighted by Crippen LogP contribution is -2.32. The van der Waals surface area contributed by atoms with Gasteiger partial charge in [-0.25, -0.2) is 0 Å². The Balaban J connectivity index is 1.22. The molecule has 1 amide bonds. The first-order chi connectivity index (χ1) is 24.2. The van der Waals surface area contributed by atoms with Crippen molar-refractivity contribution in [3.63, 3.8) is 0 Å². The number of benzene rings is 6. The average Bonchev–Trinajstić information content (AvgIpc) is 3.64. The Morgan fingerprint density at radius 1 is 0.551 bits per heavy atom. The van der Waals surface area contributed by atoms with E-state index >= 15 is 0 Å². The molecule has 1 aromatic heterocycles. The highest BCUT2D eigenvalue weighted by atomic mass is 16.6.